The van der Waals surface area contributed by atoms with E-state index in [4.69, 9.17) is 0 Å². The minimum absolute atomic E-state index is 0. The van der Waals surface area contributed by atoms with Gasteiger partial charge in [-0.25, -0.2) is 0 Å². The summed E-state index contributed by atoms with van der Waals surface area (Å²) >= 11 is 0. The number of hydrogen-bond acceptors (Lipinski definition) is 0. The molecule has 0 aromatic rings. The van der Waals surface area contributed by atoms with Crippen LogP contribution in [0.5, 0.6) is 0 Å². The molecule has 0 nitrogen and oxygen atoms in total. The van der Waals surface area contributed by atoms with E-state index in [-0.39, 0.29) is 89.3 Å². The Hall–Kier alpha value is 0.254. The first-order chi connectivity index (χ1) is 4.41. The molecule has 0 aliphatic carbocycles. The van der Waals surface area contributed by atoms with Crippen LogP contribution in [0.4, 0.5) is 4.39 Å². The van der Waals surface area contributed by atoms with Crippen LogP contribution in [0.3, 0.4) is 0 Å². The molecule has 0 unspecified atom stereocenters. The Kier molecular flexibility index (Phi) is 23400. The van der Waals surface area contributed by atoms with Crippen LogP contribution >= 0.6 is 0 Å². The van der Waals surface area contributed by atoms with Gasteiger partial charge in [0.05, 0.1) is 0 Å². The molecule has 0 saturated heterocycles. The Labute approximate surface area is 145 Å². The van der Waals surface area contributed by atoms with Crippen LogP contribution in [0.25, 0.3) is 0 Å². The zero-order valence-electron chi connectivity index (χ0n) is 9.53. The molecule has 0 rings (SSSR count). The van der Waals surface area contributed by atoms with Crippen molar-refractivity contribution in [2.24, 2.45) is 0 Å². The van der Waals surface area contributed by atoms with E-state index in [1.165, 1.54) is 0 Å². The molecule has 0 bridgehead atoms. The average Bonchev–Trinajstić information content (AvgIpc) is 2.01. The van der Waals surface area contributed by atoms with Crippen LogP contribution in [-0.2, 0) is 0 Å². The van der Waals surface area contributed by atoms with E-state index in [1.54, 1.807) is 0 Å². The topological polar surface area (TPSA) is 0 Å². The Bertz CT molecular complexity index is 49.7. The molecule has 0 amide bonds. The van der Waals surface area contributed by atoms with Crippen LogP contribution in [0.15, 0.2) is 46.1 Å². The molecule has 0 spiro atoms. The van der Waals surface area contributed by atoms with Gasteiger partial charge >= 0.3 is 41.9 Å². The summed E-state index contributed by atoms with van der Waals surface area (Å²) in [6.07, 6.45) is 1.00. The number of rotatable bonds is 0. The van der Waals surface area contributed by atoms with Gasteiger partial charge in [0.25, 0.3) is 0 Å². The smallest absolute Gasteiger partial charge is 1.00 e. The SMILES string of the molecule is C.C.C.C.C.C.C=C.C=C.C=C.C=[C-]F.[H-].[H-].[Li+].[Mg+2]. The molecule has 0 aromatic heterocycles. The van der Waals surface area contributed by atoms with Crippen molar-refractivity contribution < 1.29 is 26.1 Å². The maximum atomic E-state index is 9.93. The average molecular weight is 259 g/mol. The molecular formula is C14H40FLiMg. The Morgan fingerprint density at radius 2 is 0.647 bits per heavy atom. The molecule has 0 N–H and O–H groups in total. The van der Waals surface area contributed by atoms with Gasteiger partial charge in [-0.2, -0.15) is 0 Å². The minimum Gasteiger partial charge on any atom is -1.00 e. The van der Waals surface area contributed by atoms with E-state index < -0.39 is 0 Å². The predicted octanol–water partition coefficient (Wildman–Crippen LogP) is 3.97. The number of halogens is 1. The van der Waals surface area contributed by atoms with Gasteiger partial charge in [-0.1, -0.05) is 44.6 Å². The second-order valence-electron chi connectivity index (χ2n) is 0.134. The second kappa shape index (κ2) is 2410. The van der Waals surface area contributed by atoms with Crippen LogP contribution in [0.2, 0.25) is 0 Å². The largest absolute Gasteiger partial charge is 2.00 e. The molecule has 0 fully saturated rings. The monoisotopic (exact) mass is 258 g/mol. The second-order valence-corrected chi connectivity index (χ2v) is 0.134. The van der Waals surface area contributed by atoms with E-state index in [9.17, 15) is 4.39 Å². The molecule has 17 heavy (non-hydrogen) atoms. The van der Waals surface area contributed by atoms with E-state index >= 15 is 0 Å². The summed E-state index contributed by atoms with van der Waals surface area (Å²) in [5, 5.41) is 0. The summed E-state index contributed by atoms with van der Waals surface area (Å²) in [6, 6.07) is 0. The van der Waals surface area contributed by atoms with Crippen molar-refractivity contribution >= 4 is 23.1 Å². The maximum Gasteiger partial charge on any atom is 2.00 e. The third kappa shape index (κ3) is 51300. The predicted molar refractivity (Wildman–Crippen MR) is 92.1 cm³/mol. The molecule has 3 heteroatoms. The molecule has 106 valence electrons. The summed E-state index contributed by atoms with van der Waals surface area (Å²) in [6.45, 7) is 20.6. The van der Waals surface area contributed by atoms with Crippen molar-refractivity contribution in [3.8, 4) is 0 Å². The van der Waals surface area contributed by atoms with Gasteiger partial charge < -0.3 is 13.6 Å². The van der Waals surface area contributed by atoms with Gasteiger partial charge in [0.2, 0.25) is 0 Å². The van der Waals surface area contributed by atoms with Crippen LogP contribution in [0, 0.1) is 6.33 Å². The van der Waals surface area contributed by atoms with Crippen molar-refractivity contribution in [3.05, 3.63) is 52.4 Å². The third-order valence-corrected chi connectivity index (χ3v) is 0. The molecule has 0 heterocycles. The van der Waals surface area contributed by atoms with E-state index in [2.05, 4.69) is 46.1 Å². The van der Waals surface area contributed by atoms with Gasteiger partial charge in [-0.3, -0.25) is 6.58 Å². The summed E-state index contributed by atoms with van der Waals surface area (Å²) in [5.74, 6) is 0. The van der Waals surface area contributed by atoms with Crippen molar-refractivity contribution in [1.29, 1.82) is 0 Å². The first kappa shape index (κ1) is 165. The molecule has 0 aromatic carbocycles. The fourth-order valence-electron chi connectivity index (χ4n) is 0. The fourth-order valence-corrected chi connectivity index (χ4v) is 0. The Balaban J connectivity index is -0.00000000126. The van der Waals surface area contributed by atoms with E-state index in [0.717, 1.165) is 6.33 Å². The van der Waals surface area contributed by atoms with Crippen molar-refractivity contribution in [2.75, 3.05) is 0 Å². The Morgan fingerprint density at radius 1 is 0.647 bits per heavy atom. The summed E-state index contributed by atoms with van der Waals surface area (Å²) in [7, 11) is 0. The van der Waals surface area contributed by atoms with E-state index in [0.29, 0.717) is 0 Å². The van der Waals surface area contributed by atoms with Gasteiger partial charge in [0.15, 0.2) is 0 Å². The maximum absolute atomic E-state index is 9.93. The molecule has 0 radical (unpaired) electrons. The standard InChI is InChI=1S/C2H2F.3C2H4.6CH4.Li.Mg.2H/c1-2-3;3*1-2;;;;;;;;;;/h1H2;3*1-2H2;6*1H4;;;;/q-1;;;;;;;;;;+1;+2;2*-1. The summed E-state index contributed by atoms with van der Waals surface area (Å²) in [5.41, 5.74) is 0. The zero-order chi connectivity index (χ0) is 8.71. The normalized spacial score (nSPS) is 1.47. The van der Waals surface area contributed by atoms with Crippen LogP contribution in [0.1, 0.15) is 47.4 Å². The summed E-state index contributed by atoms with van der Waals surface area (Å²) < 4.78 is 9.93. The third-order valence-electron chi connectivity index (χ3n) is 0. The zero-order valence-corrected chi connectivity index (χ0v) is 8.95. The molecule has 0 atom stereocenters. The van der Waals surface area contributed by atoms with Crippen molar-refractivity contribution in [3.63, 3.8) is 0 Å². The molecule has 0 aliphatic heterocycles. The Morgan fingerprint density at radius 3 is 0.647 bits per heavy atom. The number of hydrogen-bond donors (Lipinski definition) is 0. The molecule has 0 saturated carbocycles. The fraction of sp³-hybridized carbons (Fsp3) is 0.429. The van der Waals surface area contributed by atoms with Gasteiger partial charge in [-0.15, -0.1) is 39.5 Å². The minimum atomic E-state index is 0. The summed E-state index contributed by atoms with van der Waals surface area (Å²) in [4.78, 5) is 0. The van der Waals surface area contributed by atoms with Gasteiger partial charge in [-0.05, 0) is 0 Å². The van der Waals surface area contributed by atoms with Gasteiger partial charge in [0.1, 0.15) is 0 Å². The quantitative estimate of drug-likeness (QED) is 0.350. The first-order valence-corrected chi connectivity index (χ1v) is 2.04. The van der Waals surface area contributed by atoms with Gasteiger partial charge in [0, 0.05) is 0 Å². The first-order valence-electron chi connectivity index (χ1n) is 2.04. The molecular weight excluding hydrogens is 218 g/mol. The van der Waals surface area contributed by atoms with Crippen molar-refractivity contribution in [1.82, 2.24) is 0 Å². The van der Waals surface area contributed by atoms with Crippen LogP contribution in [-0.4, -0.2) is 23.1 Å². The van der Waals surface area contributed by atoms with Crippen molar-refractivity contribution in [2.45, 2.75) is 44.6 Å². The molecule has 0 aliphatic rings. The van der Waals surface area contributed by atoms with E-state index in [1.807, 2.05) is 0 Å². The van der Waals surface area contributed by atoms with Crippen LogP contribution < -0.4 is 18.9 Å².